The first-order valence-electron chi connectivity index (χ1n) is 10.6. The molecule has 5 heteroatoms. The summed E-state index contributed by atoms with van der Waals surface area (Å²) in [7, 11) is 1.88. The maximum absolute atomic E-state index is 14.0. The Hall–Kier alpha value is -2.50. The highest BCUT2D eigenvalue weighted by Crippen LogP contribution is 2.54. The van der Waals surface area contributed by atoms with E-state index in [4.69, 9.17) is 0 Å². The summed E-state index contributed by atoms with van der Waals surface area (Å²) in [4.78, 5) is 20.3. The summed E-state index contributed by atoms with van der Waals surface area (Å²) < 4.78 is 2.10. The molecule has 0 aliphatic heterocycles. The molecule has 0 saturated heterocycles. The zero-order valence-electron chi connectivity index (χ0n) is 17.6. The number of benzene rings is 3. The molecule has 1 aliphatic rings. The van der Waals surface area contributed by atoms with E-state index in [0.717, 1.165) is 32.0 Å². The van der Waals surface area contributed by atoms with Crippen LogP contribution in [0.3, 0.4) is 0 Å². The van der Waals surface area contributed by atoms with Gasteiger partial charge in [-0.25, -0.2) is 0 Å². The lowest BCUT2D eigenvalue weighted by atomic mass is 9.59. The molecular weight excluding hydrogens is 528 g/mol. The first-order valence-corrected chi connectivity index (χ1v) is 12.2. The van der Waals surface area contributed by atoms with Gasteiger partial charge >= 0.3 is 0 Å². The van der Waals surface area contributed by atoms with Gasteiger partial charge in [0.05, 0.1) is 17.1 Å². The van der Waals surface area contributed by atoms with Crippen LogP contribution in [0.5, 0.6) is 0 Å². The van der Waals surface area contributed by atoms with Crippen molar-refractivity contribution >= 4 is 54.4 Å². The molecule has 32 heavy (non-hydrogen) atoms. The van der Waals surface area contributed by atoms with E-state index in [-0.39, 0.29) is 23.7 Å². The van der Waals surface area contributed by atoms with Crippen LogP contribution in [-0.4, -0.2) is 17.9 Å². The molecule has 160 valence electrons. The molecule has 3 atom stereocenters. The van der Waals surface area contributed by atoms with Crippen molar-refractivity contribution in [2.24, 2.45) is 5.92 Å². The van der Waals surface area contributed by atoms with Crippen LogP contribution in [0, 0.1) is 5.92 Å². The van der Waals surface area contributed by atoms with Crippen LogP contribution in [0.25, 0.3) is 10.9 Å². The van der Waals surface area contributed by atoms with E-state index < -0.39 is 0 Å². The molecule has 3 aromatic carbocycles. The lowest BCUT2D eigenvalue weighted by molar-refractivity contribution is -0.126. The molecule has 1 aliphatic carbocycles. The zero-order chi connectivity index (χ0) is 22.2. The minimum atomic E-state index is -0.124. The number of amides is 1. The lowest BCUT2D eigenvalue weighted by Gasteiger charge is -2.46. The molecule has 4 aromatic rings. The summed E-state index contributed by atoms with van der Waals surface area (Å²) in [6.07, 6.45) is 2.74. The monoisotopic (exact) mass is 548 g/mol. The fraction of sp³-hybridized carbons (Fsp3) is 0.185. The Morgan fingerprint density at radius 2 is 1.41 bits per heavy atom. The third-order valence-electron chi connectivity index (χ3n) is 6.56. The molecule has 1 unspecified atom stereocenters. The maximum Gasteiger partial charge on any atom is 0.231 e. The first kappa shape index (κ1) is 21.4. The van der Waals surface area contributed by atoms with Crippen LogP contribution < -0.4 is 4.90 Å². The number of carbonyl (C=O) groups excluding carboxylic acids is 1. The number of halogens is 2. The average molecular weight is 550 g/mol. The predicted molar refractivity (Wildman–Crippen MR) is 137 cm³/mol. The van der Waals surface area contributed by atoms with Crippen molar-refractivity contribution in [3.05, 3.63) is 105 Å². The molecule has 5 rings (SSSR count). The summed E-state index contributed by atoms with van der Waals surface area (Å²) in [6.45, 7) is 0. The van der Waals surface area contributed by atoms with Gasteiger partial charge in [0, 0.05) is 27.6 Å². The Morgan fingerprint density at radius 3 is 2.00 bits per heavy atom. The number of carbonyl (C=O) groups is 1. The van der Waals surface area contributed by atoms with Gasteiger partial charge in [0.1, 0.15) is 0 Å². The highest BCUT2D eigenvalue weighted by atomic mass is 79.9. The van der Waals surface area contributed by atoms with E-state index in [2.05, 4.69) is 85.4 Å². The van der Waals surface area contributed by atoms with Crippen LogP contribution in [0.15, 0.2) is 94.0 Å². The fourth-order valence-electron chi connectivity index (χ4n) is 4.80. The Morgan fingerprint density at radius 1 is 0.844 bits per heavy atom. The summed E-state index contributed by atoms with van der Waals surface area (Å²) in [5, 5.41) is 1.03. The van der Waals surface area contributed by atoms with Gasteiger partial charge in [-0.05, 0) is 65.8 Å². The van der Waals surface area contributed by atoms with Gasteiger partial charge in [-0.15, -0.1) is 0 Å². The molecule has 1 heterocycles. The second kappa shape index (κ2) is 8.80. The fourth-order valence-corrected chi connectivity index (χ4v) is 5.33. The number of para-hydroxylation sites is 1. The second-order valence-corrected chi connectivity index (χ2v) is 10.2. The Bertz CT molecular complexity index is 1210. The number of hydrogen-bond donors (Lipinski definition) is 0. The molecule has 0 radical (unpaired) electrons. The third kappa shape index (κ3) is 3.89. The first-order chi connectivity index (χ1) is 15.5. The van der Waals surface area contributed by atoms with Gasteiger partial charge in [-0.2, -0.15) is 0 Å². The molecule has 0 spiro atoms. The molecule has 0 bridgehead atoms. The van der Waals surface area contributed by atoms with Crippen LogP contribution >= 0.6 is 31.9 Å². The summed E-state index contributed by atoms with van der Waals surface area (Å²) in [5.41, 5.74) is 4.13. The summed E-state index contributed by atoms with van der Waals surface area (Å²) >= 11 is 7.05. The van der Waals surface area contributed by atoms with Gasteiger partial charge in [-0.3, -0.25) is 9.78 Å². The van der Waals surface area contributed by atoms with E-state index in [1.165, 1.54) is 11.1 Å². The van der Waals surface area contributed by atoms with Crippen LogP contribution in [0.1, 0.15) is 29.4 Å². The van der Waals surface area contributed by atoms with Crippen LogP contribution in [0.2, 0.25) is 0 Å². The van der Waals surface area contributed by atoms with Crippen molar-refractivity contribution in [3.8, 4) is 0 Å². The number of pyridine rings is 1. The van der Waals surface area contributed by atoms with E-state index in [0.29, 0.717) is 0 Å². The molecular formula is C27H22Br2N2O. The topological polar surface area (TPSA) is 33.2 Å². The number of aromatic nitrogens is 1. The normalized spacial score (nSPS) is 20.0. The van der Waals surface area contributed by atoms with Crippen molar-refractivity contribution in [3.63, 3.8) is 0 Å². The lowest BCUT2D eigenvalue weighted by Crippen LogP contribution is -2.45. The minimum absolute atomic E-state index is 0.124. The highest BCUT2D eigenvalue weighted by molar-refractivity contribution is 9.10. The SMILES string of the molecule is CN(C(=O)C1[C@@H](c2ccc(Br)cc2)C[C@H]1c1ccc(Br)cc1)c1cccc2cccnc12. The molecule has 0 N–H and O–H groups in total. The largest absolute Gasteiger partial charge is 0.313 e. The van der Waals surface area contributed by atoms with Gasteiger partial charge < -0.3 is 4.90 Å². The van der Waals surface area contributed by atoms with Gasteiger partial charge in [0.15, 0.2) is 0 Å². The predicted octanol–water partition coefficient (Wildman–Crippen LogP) is 7.31. The average Bonchev–Trinajstić information content (AvgIpc) is 2.80. The Balaban J connectivity index is 1.52. The second-order valence-electron chi connectivity index (χ2n) is 8.33. The number of nitrogens with zero attached hydrogens (tertiary/aromatic N) is 2. The number of rotatable bonds is 4. The molecule has 1 fully saturated rings. The van der Waals surface area contributed by atoms with Gasteiger partial charge in [-0.1, -0.05) is 74.3 Å². The van der Waals surface area contributed by atoms with E-state index in [1.807, 2.05) is 37.4 Å². The minimum Gasteiger partial charge on any atom is -0.313 e. The molecule has 1 saturated carbocycles. The maximum atomic E-state index is 14.0. The number of anilines is 1. The van der Waals surface area contributed by atoms with Crippen molar-refractivity contribution in [1.82, 2.24) is 4.98 Å². The van der Waals surface area contributed by atoms with E-state index in [9.17, 15) is 4.79 Å². The third-order valence-corrected chi connectivity index (χ3v) is 7.62. The Labute approximate surface area is 204 Å². The quantitative estimate of drug-likeness (QED) is 0.267. The van der Waals surface area contributed by atoms with Crippen LogP contribution in [-0.2, 0) is 4.79 Å². The molecule has 1 aromatic heterocycles. The van der Waals surface area contributed by atoms with Crippen molar-refractivity contribution < 1.29 is 4.79 Å². The van der Waals surface area contributed by atoms with Crippen LogP contribution in [0.4, 0.5) is 5.69 Å². The number of hydrogen-bond acceptors (Lipinski definition) is 2. The Kier molecular flexibility index (Phi) is 5.87. The smallest absolute Gasteiger partial charge is 0.231 e. The van der Waals surface area contributed by atoms with Gasteiger partial charge in [0.2, 0.25) is 5.91 Å². The van der Waals surface area contributed by atoms with Gasteiger partial charge in [0.25, 0.3) is 0 Å². The van der Waals surface area contributed by atoms with E-state index >= 15 is 0 Å². The van der Waals surface area contributed by atoms with Crippen molar-refractivity contribution in [1.29, 1.82) is 0 Å². The van der Waals surface area contributed by atoms with E-state index in [1.54, 1.807) is 11.1 Å². The highest BCUT2D eigenvalue weighted by Gasteiger charge is 2.48. The number of fused-ring (bicyclic) bond motifs is 1. The standard InChI is InChI=1S/C27H22Br2N2O/c1-31(24-6-2-4-19-5-3-15-30-26(19)24)27(32)25-22(17-7-11-20(28)12-8-17)16-23(25)18-9-13-21(29)14-10-18/h2-15,22-23,25H,16H2,1H3/t22-,23+,25?. The van der Waals surface area contributed by atoms with Crippen molar-refractivity contribution in [2.45, 2.75) is 18.3 Å². The van der Waals surface area contributed by atoms with Crippen molar-refractivity contribution in [2.75, 3.05) is 11.9 Å². The summed E-state index contributed by atoms with van der Waals surface area (Å²) in [5.74, 6) is 0.390. The molecule has 3 nitrogen and oxygen atoms in total. The summed E-state index contributed by atoms with van der Waals surface area (Å²) in [6, 6.07) is 26.7. The molecule has 1 amide bonds. The zero-order valence-corrected chi connectivity index (χ0v) is 20.8.